The van der Waals surface area contributed by atoms with Crippen molar-refractivity contribution in [2.45, 2.75) is 84.4 Å². The molecule has 1 nitrogen and oxygen atoms in total. The molecule has 0 aliphatic rings. The van der Waals surface area contributed by atoms with Crippen LogP contribution in [0.2, 0.25) is 0 Å². The molecule has 0 saturated heterocycles. The van der Waals surface area contributed by atoms with Crippen LogP contribution in [0.25, 0.3) is 0 Å². The summed E-state index contributed by atoms with van der Waals surface area (Å²) in [5.74, 6) is 0. The second-order valence-electron chi connectivity index (χ2n) is 6.80. The molecule has 0 aliphatic heterocycles. The van der Waals surface area contributed by atoms with Gasteiger partial charge < -0.3 is 4.57 Å². The SMILES string of the molecule is CC(C)[PH+](CCCP(=O)(C(C)C)C(C)C)C(C)C.[I][Fe][I]. The van der Waals surface area contributed by atoms with Crippen LogP contribution in [0, 0.1) is 0 Å². The Morgan fingerprint density at radius 2 is 1.24 bits per heavy atom. The Morgan fingerprint density at radius 3 is 1.48 bits per heavy atom. The van der Waals surface area contributed by atoms with Crippen molar-refractivity contribution in [2.75, 3.05) is 12.3 Å². The first-order valence-corrected chi connectivity index (χ1v) is 18.8. The van der Waals surface area contributed by atoms with E-state index in [2.05, 4.69) is 96.1 Å². The van der Waals surface area contributed by atoms with E-state index in [1.165, 1.54) is 21.0 Å². The minimum atomic E-state index is -1.96. The quantitative estimate of drug-likeness (QED) is 0.161. The van der Waals surface area contributed by atoms with Crippen molar-refractivity contribution in [3.05, 3.63) is 0 Å². The van der Waals surface area contributed by atoms with Gasteiger partial charge in [-0.25, -0.2) is 0 Å². The molecule has 0 N–H and O–H groups in total. The first-order valence-electron chi connectivity index (χ1n) is 7.83. The Hall–Kier alpha value is 2.64. The molecule has 0 spiro atoms. The summed E-state index contributed by atoms with van der Waals surface area (Å²) >= 11 is 4.55. The molecule has 0 atom stereocenters. The fourth-order valence-corrected chi connectivity index (χ4v) is 9.14. The van der Waals surface area contributed by atoms with E-state index >= 15 is 0 Å². The van der Waals surface area contributed by atoms with Gasteiger partial charge in [-0.3, -0.25) is 0 Å². The van der Waals surface area contributed by atoms with Crippen LogP contribution < -0.4 is 0 Å². The Labute approximate surface area is 164 Å². The summed E-state index contributed by atoms with van der Waals surface area (Å²) in [6, 6.07) is 0. The van der Waals surface area contributed by atoms with Crippen LogP contribution in [-0.4, -0.2) is 35.0 Å². The summed E-state index contributed by atoms with van der Waals surface area (Å²) < 4.78 is 12.9. The number of halogens is 2. The van der Waals surface area contributed by atoms with Gasteiger partial charge in [0.1, 0.15) is 0 Å². The molecule has 21 heavy (non-hydrogen) atoms. The zero-order valence-corrected chi connectivity index (χ0v) is 22.2. The van der Waals surface area contributed by atoms with Crippen molar-refractivity contribution < 1.29 is 13.0 Å². The van der Waals surface area contributed by atoms with Crippen LogP contribution in [-0.2, 0) is 13.0 Å². The maximum atomic E-state index is 12.9. The molecule has 0 rings (SSSR count). The molecule has 0 heterocycles. The second kappa shape index (κ2) is 13.9. The van der Waals surface area contributed by atoms with E-state index in [-0.39, 0.29) is 7.92 Å². The minimum absolute atomic E-state index is 0.273. The molecule has 0 unspecified atom stereocenters. The zero-order valence-electron chi connectivity index (χ0n) is 14.9. The van der Waals surface area contributed by atoms with Gasteiger partial charge in [0.15, 0.2) is 0 Å². The fourth-order valence-electron chi connectivity index (χ4n) is 2.89. The van der Waals surface area contributed by atoms with Crippen molar-refractivity contribution in [2.24, 2.45) is 0 Å². The summed E-state index contributed by atoms with van der Waals surface area (Å²) in [5.41, 5.74) is 2.39. The third-order valence-corrected chi connectivity index (χ3v) is 12.6. The Bertz CT molecular complexity index is 277. The van der Waals surface area contributed by atoms with Gasteiger partial charge in [0.2, 0.25) is 0 Å². The number of hydrogen-bond donors (Lipinski definition) is 0. The van der Waals surface area contributed by atoms with Crippen molar-refractivity contribution in [3.8, 4) is 0 Å². The average Bonchev–Trinajstić information content (AvgIpc) is 2.33. The van der Waals surface area contributed by atoms with Gasteiger partial charge in [-0.1, -0.05) is 27.7 Å². The first kappa shape index (κ1) is 25.9. The summed E-state index contributed by atoms with van der Waals surface area (Å²) in [6.07, 6.45) is 3.48. The molecule has 0 fully saturated rings. The predicted molar refractivity (Wildman–Crippen MR) is 119 cm³/mol. The summed E-state index contributed by atoms with van der Waals surface area (Å²) in [4.78, 5) is 0. The van der Waals surface area contributed by atoms with E-state index in [1.54, 1.807) is 0 Å². The van der Waals surface area contributed by atoms with Gasteiger partial charge in [-0.2, -0.15) is 0 Å². The van der Waals surface area contributed by atoms with Crippen molar-refractivity contribution in [1.82, 2.24) is 0 Å². The van der Waals surface area contributed by atoms with E-state index < -0.39 is 7.14 Å². The van der Waals surface area contributed by atoms with Crippen LogP contribution >= 0.6 is 55.8 Å². The average molecular weight is 603 g/mol. The summed E-state index contributed by atoms with van der Waals surface area (Å²) in [6.45, 7) is 18.0. The third kappa shape index (κ3) is 11.0. The fraction of sp³-hybridized carbons (Fsp3) is 1.00. The van der Waals surface area contributed by atoms with E-state index in [0.717, 1.165) is 17.5 Å². The predicted octanol–water partition coefficient (Wildman–Crippen LogP) is 7.36. The molecule has 0 saturated carbocycles. The molecule has 6 heteroatoms. The normalized spacial score (nSPS) is 12.7. The molecule has 0 radical (unpaired) electrons. The van der Waals surface area contributed by atoms with Gasteiger partial charge in [0.25, 0.3) is 0 Å². The Morgan fingerprint density at radius 1 is 0.905 bits per heavy atom. The van der Waals surface area contributed by atoms with Crippen LogP contribution in [0.5, 0.6) is 0 Å². The number of hydrogen-bond acceptors (Lipinski definition) is 1. The van der Waals surface area contributed by atoms with Gasteiger partial charge in [0.05, 0.1) is 24.6 Å². The van der Waals surface area contributed by atoms with Gasteiger partial charge >= 0.3 is 49.1 Å². The standard InChI is InChI=1S/C15H34OP2.Fe.2HI/c1-12(2)17(13(3)4)10-9-11-18(16,14(5)6)15(7)8;;;/h12-15H,9-11H2,1-8H3;;2*1H/q;+2;;/p-1. The molecular formula is C15H35FeI2OP2+. The topological polar surface area (TPSA) is 17.1 Å². The van der Waals surface area contributed by atoms with E-state index in [0.29, 0.717) is 11.3 Å². The van der Waals surface area contributed by atoms with Crippen molar-refractivity contribution in [3.63, 3.8) is 0 Å². The monoisotopic (exact) mass is 603 g/mol. The van der Waals surface area contributed by atoms with Crippen molar-refractivity contribution in [1.29, 1.82) is 0 Å². The molecule has 0 aromatic carbocycles. The van der Waals surface area contributed by atoms with E-state index in [1.807, 2.05) is 0 Å². The zero-order chi connectivity index (χ0) is 17.2. The molecule has 0 aromatic heterocycles. The third-order valence-electron chi connectivity index (χ3n) is 4.20. The summed E-state index contributed by atoms with van der Waals surface area (Å²) in [5, 5.41) is 0. The Kier molecular flexibility index (Phi) is 17.1. The van der Waals surface area contributed by atoms with Gasteiger partial charge in [-0.05, 0) is 34.1 Å². The van der Waals surface area contributed by atoms with Gasteiger partial charge in [-0.15, -0.1) is 0 Å². The van der Waals surface area contributed by atoms with Crippen LogP contribution in [0.1, 0.15) is 61.8 Å². The molecule has 0 aromatic rings. The molecule has 0 bridgehead atoms. The Balaban J connectivity index is 0. The van der Waals surface area contributed by atoms with Crippen LogP contribution in [0.3, 0.4) is 0 Å². The van der Waals surface area contributed by atoms with E-state index in [9.17, 15) is 4.57 Å². The van der Waals surface area contributed by atoms with Gasteiger partial charge in [0, 0.05) is 25.4 Å². The molecule has 0 amide bonds. The summed E-state index contributed by atoms with van der Waals surface area (Å²) in [7, 11) is -1.05. The van der Waals surface area contributed by atoms with E-state index in [4.69, 9.17) is 0 Å². The second-order valence-corrected chi connectivity index (χ2v) is 24.3. The molecule has 0 aliphatic carbocycles. The molecule has 132 valence electrons. The van der Waals surface area contributed by atoms with Crippen LogP contribution in [0.4, 0.5) is 0 Å². The maximum absolute atomic E-state index is 12.9. The number of rotatable bonds is 8. The van der Waals surface area contributed by atoms with Crippen molar-refractivity contribution >= 4 is 55.8 Å². The molecular weight excluding hydrogens is 568 g/mol. The first-order chi connectivity index (χ1) is 9.54. The van der Waals surface area contributed by atoms with Crippen LogP contribution in [0.15, 0.2) is 0 Å².